The maximum Gasteiger partial charge on any atom is 0.253 e. The minimum atomic E-state index is -0.264. The third kappa shape index (κ3) is 6.10. The number of hydrogen-bond acceptors (Lipinski definition) is 4. The number of amides is 2. The van der Waals surface area contributed by atoms with Crippen molar-refractivity contribution in [1.29, 1.82) is 0 Å². The van der Waals surface area contributed by atoms with Gasteiger partial charge in [-0.25, -0.2) is 0 Å². The number of nitrogens with one attached hydrogen (secondary N) is 1. The van der Waals surface area contributed by atoms with Crippen molar-refractivity contribution in [2.75, 3.05) is 26.6 Å². The summed E-state index contributed by atoms with van der Waals surface area (Å²) in [6.45, 7) is 0. The molecular formula is C25H30N2O4. The molecule has 6 nitrogen and oxygen atoms in total. The summed E-state index contributed by atoms with van der Waals surface area (Å²) in [6.07, 6.45) is 8.91. The monoisotopic (exact) mass is 422 g/mol. The highest BCUT2D eigenvalue weighted by molar-refractivity contribution is 6.02. The topological polar surface area (TPSA) is 67.9 Å². The van der Waals surface area contributed by atoms with Crippen LogP contribution in [0.3, 0.4) is 0 Å². The highest BCUT2D eigenvalue weighted by Crippen LogP contribution is 2.24. The molecule has 6 heteroatoms. The van der Waals surface area contributed by atoms with E-state index in [4.69, 9.17) is 9.47 Å². The molecule has 0 saturated heterocycles. The standard InChI is InChI=1S/C25H30N2O4/c1-27(21-7-5-4-6-8-21)25(29)19-10-12-20(13-11-19)26-24(28)14-9-18-15-22(30-2)17-23(16-18)31-3/h9-17,21H,4-8H2,1-3H3,(H,26,28)/b14-9+. The Kier molecular flexibility index (Phi) is 7.70. The molecule has 1 aliphatic rings. The smallest absolute Gasteiger partial charge is 0.253 e. The molecule has 164 valence electrons. The van der Waals surface area contributed by atoms with E-state index in [0.717, 1.165) is 18.4 Å². The molecule has 3 rings (SSSR count). The van der Waals surface area contributed by atoms with Crippen molar-refractivity contribution in [3.05, 3.63) is 59.7 Å². The van der Waals surface area contributed by atoms with Crippen LogP contribution in [-0.2, 0) is 4.79 Å². The number of nitrogens with zero attached hydrogens (tertiary/aromatic N) is 1. The van der Waals surface area contributed by atoms with Gasteiger partial charge < -0.3 is 19.7 Å². The number of anilines is 1. The van der Waals surface area contributed by atoms with Crippen molar-refractivity contribution in [1.82, 2.24) is 4.90 Å². The van der Waals surface area contributed by atoms with Crippen LogP contribution < -0.4 is 14.8 Å². The summed E-state index contributed by atoms with van der Waals surface area (Å²) in [5.41, 5.74) is 2.05. The van der Waals surface area contributed by atoms with E-state index >= 15 is 0 Å². The Labute approximate surface area is 183 Å². The number of carbonyl (C=O) groups excluding carboxylic acids is 2. The molecule has 0 aromatic heterocycles. The predicted octanol–water partition coefficient (Wildman–Crippen LogP) is 4.76. The fourth-order valence-electron chi connectivity index (χ4n) is 3.82. The Balaban J connectivity index is 1.59. The van der Waals surface area contributed by atoms with Gasteiger partial charge in [-0.3, -0.25) is 9.59 Å². The lowest BCUT2D eigenvalue weighted by Gasteiger charge is -2.31. The highest BCUT2D eigenvalue weighted by Gasteiger charge is 2.22. The van der Waals surface area contributed by atoms with Crippen LogP contribution in [0.5, 0.6) is 11.5 Å². The zero-order valence-electron chi connectivity index (χ0n) is 18.4. The lowest BCUT2D eigenvalue weighted by atomic mass is 9.94. The Morgan fingerprint density at radius 2 is 1.58 bits per heavy atom. The molecule has 0 radical (unpaired) electrons. The van der Waals surface area contributed by atoms with Gasteiger partial charge >= 0.3 is 0 Å². The van der Waals surface area contributed by atoms with Crippen molar-refractivity contribution in [3.63, 3.8) is 0 Å². The van der Waals surface area contributed by atoms with Crippen LogP contribution in [0.25, 0.3) is 6.08 Å². The van der Waals surface area contributed by atoms with Crippen LogP contribution in [0.4, 0.5) is 5.69 Å². The van der Waals surface area contributed by atoms with E-state index < -0.39 is 0 Å². The van der Waals surface area contributed by atoms with Crippen LogP contribution in [0.1, 0.15) is 48.0 Å². The van der Waals surface area contributed by atoms with Crippen molar-refractivity contribution in [2.45, 2.75) is 38.1 Å². The Morgan fingerprint density at radius 1 is 0.968 bits per heavy atom. The molecule has 0 atom stereocenters. The van der Waals surface area contributed by atoms with Crippen LogP contribution in [-0.4, -0.2) is 44.0 Å². The molecule has 0 bridgehead atoms. The van der Waals surface area contributed by atoms with Gasteiger partial charge in [0.05, 0.1) is 14.2 Å². The average Bonchev–Trinajstić information content (AvgIpc) is 2.82. The molecule has 31 heavy (non-hydrogen) atoms. The van der Waals surface area contributed by atoms with Crippen LogP contribution in [0, 0.1) is 0 Å². The summed E-state index contributed by atoms with van der Waals surface area (Å²) < 4.78 is 10.5. The summed E-state index contributed by atoms with van der Waals surface area (Å²) in [5, 5.41) is 2.81. The van der Waals surface area contributed by atoms with E-state index in [-0.39, 0.29) is 11.8 Å². The van der Waals surface area contributed by atoms with Crippen LogP contribution in [0.2, 0.25) is 0 Å². The van der Waals surface area contributed by atoms with Crippen LogP contribution in [0.15, 0.2) is 48.5 Å². The molecular weight excluding hydrogens is 392 g/mol. The summed E-state index contributed by atoms with van der Waals surface area (Å²) in [4.78, 5) is 26.9. The highest BCUT2D eigenvalue weighted by atomic mass is 16.5. The minimum Gasteiger partial charge on any atom is -0.497 e. The van der Waals surface area contributed by atoms with Gasteiger partial charge in [-0.1, -0.05) is 19.3 Å². The largest absolute Gasteiger partial charge is 0.497 e. The number of ether oxygens (including phenoxy) is 2. The second-order valence-corrected chi connectivity index (χ2v) is 7.75. The number of carbonyl (C=O) groups is 2. The fraction of sp³-hybridized carbons (Fsp3) is 0.360. The molecule has 1 N–H and O–H groups in total. The molecule has 1 saturated carbocycles. The zero-order valence-corrected chi connectivity index (χ0v) is 18.4. The first-order valence-electron chi connectivity index (χ1n) is 10.6. The maximum absolute atomic E-state index is 12.7. The van der Waals surface area contributed by atoms with Gasteiger partial charge in [-0.05, 0) is 60.9 Å². The van der Waals surface area contributed by atoms with Crippen molar-refractivity contribution in [3.8, 4) is 11.5 Å². The SMILES string of the molecule is COc1cc(/C=C/C(=O)Nc2ccc(C(=O)N(C)C3CCCCC3)cc2)cc(OC)c1. The summed E-state index contributed by atoms with van der Waals surface area (Å²) in [5.74, 6) is 1.06. The van der Waals surface area contributed by atoms with Gasteiger partial charge in [0.25, 0.3) is 5.91 Å². The van der Waals surface area contributed by atoms with Crippen LogP contribution >= 0.6 is 0 Å². The van der Waals surface area contributed by atoms with Gasteiger partial charge in [-0.2, -0.15) is 0 Å². The second-order valence-electron chi connectivity index (χ2n) is 7.75. The maximum atomic E-state index is 12.7. The van der Waals surface area contributed by atoms with Gasteiger partial charge in [0, 0.05) is 36.5 Å². The van der Waals surface area contributed by atoms with Gasteiger partial charge in [-0.15, -0.1) is 0 Å². The molecule has 2 aromatic carbocycles. The van der Waals surface area contributed by atoms with E-state index in [9.17, 15) is 9.59 Å². The molecule has 1 fully saturated rings. The van der Waals surface area contributed by atoms with Crippen molar-refractivity contribution < 1.29 is 19.1 Å². The number of benzene rings is 2. The van der Waals surface area contributed by atoms with Gasteiger partial charge in [0.1, 0.15) is 11.5 Å². The van der Waals surface area contributed by atoms with Crippen molar-refractivity contribution >= 4 is 23.6 Å². The molecule has 0 spiro atoms. The predicted molar refractivity (Wildman–Crippen MR) is 123 cm³/mol. The lowest BCUT2D eigenvalue weighted by molar-refractivity contribution is -0.111. The third-order valence-electron chi connectivity index (χ3n) is 5.64. The third-order valence-corrected chi connectivity index (χ3v) is 5.64. The Hall–Kier alpha value is -3.28. The summed E-state index contributed by atoms with van der Waals surface area (Å²) >= 11 is 0. The van der Waals surface area contributed by atoms with Gasteiger partial charge in [0.2, 0.25) is 5.91 Å². The Bertz CT molecular complexity index is 909. The molecule has 0 heterocycles. The zero-order chi connectivity index (χ0) is 22.2. The van der Waals surface area contributed by atoms with E-state index in [1.807, 2.05) is 24.1 Å². The first-order chi connectivity index (χ1) is 15.0. The molecule has 0 aliphatic heterocycles. The number of hydrogen-bond donors (Lipinski definition) is 1. The van der Waals surface area contributed by atoms with Gasteiger partial charge in [0.15, 0.2) is 0 Å². The number of methoxy groups -OCH3 is 2. The minimum absolute atomic E-state index is 0.0247. The Morgan fingerprint density at radius 3 is 2.16 bits per heavy atom. The normalized spacial score (nSPS) is 14.3. The van der Waals surface area contributed by atoms with Crippen molar-refractivity contribution in [2.24, 2.45) is 0 Å². The average molecular weight is 423 g/mol. The molecule has 2 amide bonds. The van der Waals surface area contributed by atoms with E-state index in [0.29, 0.717) is 28.8 Å². The quantitative estimate of drug-likeness (QED) is 0.653. The number of rotatable bonds is 7. The first-order valence-corrected chi connectivity index (χ1v) is 10.6. The summed E-state index contributed by atoms with van der Waals surface area (Å²) in [6, 6.07) is 12.7. The fourth-order valence-corrected chi connectivity index (χ4v) is 3.82. The van der Waals surface area contributed by atoms with E-state index in [1.54, 1.807) is 50.6 Å². The molecule has 2 aromatic rings. The van der Waals surface area contributed by atoms with E-state index in [2.05, 4.69) is 5.32 Å². The lowest BCUT2D eigenvalue weighted by Crippen LogP contribution is -2.38. The first kappa shape index (κ1) is 22.4. The van der Waals surface area contributed by atoms with E-state index in [1.165, 1.54) is 25.3 Å². The molecule has 1 aliphatic carbocycles. The second kappa shape index (κ2) is 10.7. The molecule has 0 unspecified atom stereocenters. The summed E-state index contributed by atoms with van der Waals surface area (Å²) in [7, 11) is 5.04.